The molecule has 0 bridgehead atoms. The molecule has 4 rings (SSSR count). The molecule has 0 atom stereocenters. The van der Waals surface area contributed by atoms with E-state index in [9.17, 15) is 4.79 Å². The van der Waals surface area contributed by atoms with Crippen LogP contribution in [-0.4, -0.2) is 10.2 Å². The molecule has 0 unspecified atom stereocenters. The van der Waals surface area contributed by atoms with Crippen LogP contribution in [0.15, 0.2) is 68.4 Å². The van der Waals surface area contributed by atoms with Crippen LogP contribution in [0.5, 0.6) is 5.75 Å². The number of hydrogen-bond donors (Lipinski definition) is 0. The molecule has 33 heavy (non-hydrogen) atoms. The molecule has 1 fully saturated rings. The highest BCUT2D eigenvalue weighted by atomic mass is 79.9. The molecule has 0 N–H and O–H groups in total. The molecule has 0 aromatic heterocycles. The van der Waals surface area contributed by atoms with Gasteiger partial charge in [-0.1, -0.05) is 59.8 Å². The average Bonchev–Trinajstić information content (AvgIpc) is 3.03. The van der Waals surface area contributed by atoms with Gasteiger partial charge in [0, 0.05) is 10.6 Å². The summed E-state index contributed by atoms with van der Waals surface area (Å²) < 4.78 is 8.04. The van der Waals surface area contributed by atoms with Crippen molar-refractivity contribution >= 4 is 89.4 Å². The van der Waals surface area contributed by atoms with Crippen molar-refractivity contribution in [1.82, 2.24) is 0 Å². The van der Waals surface area contributed by atoms with E-state index >= 15 is 0 Å². The van der Waals surface area contributed by atoms with Gasteiger partial charge in [0.1, 0.15) is 12.4 Å². The minimum Gasteiger partial charge on any atom is -0.486 e. The van der Waals surface area contributed by atoms with E-state index in [-0.39, 0.29) is 5.91 Å². The second kappa shape index (κ2) is 10.3. The minimum atomic E-state index is -0.125. The van der Waals surface area contributed by atoms with Crippen molar-refractivity contribution in [2.75, 3.05) is 4.90 Å². The number of carbonyl (C=O) groups excluding carboxylic acids is 1. The number of rotatable bonds is 5. The lowest BCUT2D eigenvalue weighted by Crippen LogP contribution is -2.27. The van der Waals surface area contributed by atoms with E-state index in [2.05, 4.69) is 31.9 Å². The van der Waals surface area contributed by atoms with E-state index in [1.54, 1.807) is 4.90 Å². The summed E-state index contributed by atoms with van der Waals surface area (Å²) in [6.45, 7) is 4.41. The summed E-state index contributed by atoms with van der Waals surface area (Å²) >= 11 is 20.2. The van der Waals surface area contributed by atoms with E-state index < -0.39 is 0 Å². The zero-order valence-corrected chi connectivity index (χ0v) is 23.3. The number of aryl methyl sites for hydroxylation is 2. The Morgan fingerprint density at radius 3 is 2.42 bits per heavy atom. The molecule has 0 aliphatic carbocycles. The number of amides is 1. The van der Waals surface area contributed by atoms with Gasteiger partial charge in [-0.05, 0) is 98.8 Å². The normalized spacial score (nSPS) is 14.9. The number of halogens is 3. The Bertz CT molecular complexity index is 1290. The predicted octanol–water partition coefficient (Wildman–Crippen LogP) is 8.47. The van der Waals surface area contributed by atoms with Crippen molar-refractivity contribution < 1.29 is 9.53 Å². The molecule has 0 saturated carbocycles. The van der Waals surface area contributed by atoms with E-state index in [0.29, 0.717) is 26.6 Å². The second-order valence-electron chi connectivity index (χ2n) is 7.48. The van der Waals surface area contributed by atoms with Crippen LogP contribution < -0.4 is 9.64 Å². The second-order valence-corrected chi connectivity index (χ2v) is 11.3. The van der Waals surface area contributed by atoms with Gasteiger partial charge in [-0.25, -0.2) is 0 Å². The van der Waals surface area contributed by atoms with Crippen LogP contribution in [0.2, 0.25) is 5.02 Å². The Morgan fingerprint density at radius 1 is 1.06 bits per heavy atom. The van der Waals surface area contributed by atoms with Crippen LogP contribution in [0.25, 0.3) is 6.08 Å². The first-order chi connectivity index (χ1) is 15.7. The summed E-state index contributed by atoms with van der Waals surface area (Å²) in [5.41, 5.74) is 4.82. The fraction of sp³-hybridized carbons (Fsp3) is 0.120. The van der Waals surface area contributed by atoms with Crippen molar-refractivity contribution in [1.29, 1.82) is 0 Å². The van der Waals surface area contributed by atoms with Crippen molar-refractivity contribution in [3.63, 3.8) is 0 Å². The summed E-state index contributed by atoms with van der Waals surface area (Å²) in [5.74, 6) is 0.536. The number of thiocarbonyl (C=S) groups is 1. The smallest absolute Gasteiger partial charge is 0.270 e. The van der Waals surface area contributed by atoms with E-state index in [0.717, 1.165) is 31.3 Å². The Morgan fingerprint density at radius 2 is 1.76 bits per heavy atom. The number of nitrogens with zero attached hydrogens (tertiary/aromatic N) is 1. The molecule has 3 aromatic rings. The van der Waals surface area contributed by atoms with Crippen LogP contribution in [0.3, 0.4) is 0 Å². The van der Waals surface area contributed by atoms with Crippen LogP contribution in [0.4, 0.5) is 5.69 Å². The molecular weight excluding hydrogens is 606 g/mol. The highest BCUT2D eigenvalue weighted by molar-refractivity contribution is 9.11. The average molecular weight is 624 g/mol. The largest absolute Gasteiger partial charge is 0.486 e. The highest BCUT2D eigenvalue weighted by Gasteiger charge is 2.33. The Kier molecular flexibility index (Phi) is 7.66. The maximum atomic E-state index is 13.1. The Hall–Kier alpha value is -1.64. The summed E-state index contributed by atoms with van der Waals surface area (Å²) in [5, 5.41) is 0.659. The third-order valence-electron chi connectivity index (χ3n) is 5.19. The molecule has 3 nitrogen and oxygen atoms in total. The van der Waals surface area contributed by atoms with Crippen molar-refractivity contribution in [2.45, 2.75) is 20.5 Å². The molecule has 1 aliphatic rings. The summed E-state index contributed by atoms with van der Waals surface area (Å²) in [6.07, 6.45) is 1.84. The monoisotopic (exact) mass is 621 g/mol. The van der Waals surface area contributed by atoms with Gasteiger partial charge in [-0.2, -0.15) is 0 Å². The van der Waals surface area contributed by atoms with Crippen molar-refractivity contribution in [3.8, 4) is 5.75 Å². The third-order valence-corrected chi connectivity index (χ3v) is 8.04. The van der Waals surface area contributed by atoms with Crippen LogP contribution in [-0.2, 0) is 11.4 Å². The number of thioether (sulfide) groups is 1. The first kappa shape index (κ1) is 24.5. The van der Waals surface area contributed by atoms with Crippen LogP contribution >= 0.6 is 67.4 Å². The van der Waals surface area contributed by atoms with Gasteiger partial charge in [0.05, 0.1) is 19.5 Å². The van der Waals surface area contributed by atoms with Crippen LogP contribution in [0.1, 0.15) is 22.3 Å². The van der Waals surface area contributed by atoms with E-state index in [4.69, 9.17) is 28.6 Å². The fourth-order valence-electron chi connectivity index (χ4n) is 3.27. The zero-order chi connectivity index (χ0) is 23.7. The van der Waals surface area contributed by atoms with Crippen LogP contribution in [0, 0.1) is 13.8 Å². The summed E-state index contributed by atoms with van der Waals surface area (Å²) in [7, 11) is 0. The van der Waals surface area contributed by atoms with Gasteiger partial charge < -0.3 is 4.74 Å². The van der Waals surface area contributed by atoms with Gasteiger partial charge in [0.15, 0.2) is 4.32 Å². The minimum absolute atomic E-state index is 0.125. The zero-order valence-electron chi connectivity index (χ0n) is 17.7. The molecule has 1 saturated heterocycles. The number of anilines is 1. The molecule has 3 aromatic carbocycles. The molecular formula is C25H18Br2ClNO2S2. The lowest BCUT2D eigenvalue weighted by molar-refractivity contribution is -0.113. The number of carbonyl (C=O) groups is 1. The lowest BCUT2D eigenvalue weighted by Gasteiger charge is -2.16. The first-order valence-electron chi connectivity index (χ1n) is 9.95. The molecule has 0 radical (unpaired) electrons. The summed E-state index contributed by atoms with van der Waals surface area (Å²) in [4.78, 5) is 15.3. The Labute approximate surface area is 224 Å². The first-order valence-corrected chi connectivity index (χ1v) is 13.1. The summed E-state index contributed by atoms with van der Waals surface area (Å²) in [6, 6.07) is 17.3. The van der Waals surface area contributed by atoms with Crippen molar-refractivity contribution in [3.05, 3.63) is 95.7 Å². The predicted molar refractivity (Wildman–Crippen MR) is 149 cm³/mol. The van der Waals surface area contributed by atoms with Gasteiger partial charge in [-0.15, -0.1) is 0 Å². The maximum absolute atomic E-state index is 13.1. The molecule has 168 valence electrons. The van der Waals surface area contributed by atoms with Gasteiger partial charge >= 0.3 is 0 Å². The van der Waals surface area contributed by atoms with Gasteiger partial charge in [0.25, 0.3) is 5.91 Å². The SMILES string of the molecule is Cc1ccc(N2C(=O)/C(=C\c3cc(Br)c(OCc4ccccc4Cl)c(Br)c3)SC2=S)cc1C. The third kappa shape index (κ3) is 5.38. The molecule has 1 aliphatic heterocycles. The standard InChI is InChI=1S/C25H18Br2ClNO2S2/c1-14-7-8-18(9-15(14)2)29-24(30)22(33-25(29)32)12-16-10-19(26)23(20(27)11-16)31-13-17-5-3-4-6-21(17)28/h3-12H,13H2,1-2H3/b22-12+. The number of benzene rings is 3. The lowest BCUT2D eigenvalue weighted by atomic mass is 10.1. The van der Waals surface area contributed by atoms with Crippen molar-refractivity contribution in [2.24, 2.45) is 0 Å². The topological polar surface area (TPSA) is 29.5 Å². The van der Waals surface area contributed by atoms with Gasteiger partial charge in [-0.3, -0.25) is 9.69 Å². The molecule has 1 heterocycles. The molecule has 1 amide bonds. The fourth-order valence-corrected chi connectivity index (χ4v) is 6.21. The number of ether oxygens (including phenoxy) is 1. The molecule has 0 spiro atoms. The number of hydrogen-bond acceptors (Lipinski definition) is 4. The molecule has 8 heteroatoms. The van der Waals surface area contributed by atoms with E-state index in [1.807, 2.05) is 74.5 Å². The van der Waals surface area contributed by atoms with E-state index in [1.165, 1.54) is 17.3 Å². The highest BCUT2D eigenvalue weighted by Crippen LogP contribution is 2.39. The Balaban J connectivity index is 1.56. The van der Waals surface area contributed by atoms with Gasteiger partial charge in [0.2, 0.25) is 0 Å². The quantitative estimate of drug-likeness (QED) is 0.211. The maximum Gasteiger partial charge on any atom is 0.270 e.